The predicted octanol–water partition coefficient (Wildman–Crippen LogP) is -4.31. The fraction of sp³-hybridized carbons (Fsp3) is 0. The van der Waals surface area contributed by atoms with Crippen molar-refractivity contribution in [2.24, 2.45) is 0 Å². The van der Waals surface area contributed by atoms with Crippen LogP contribution in [0.3, 0.4) is 0 Å². The molecule has 0 aliphatic heterocycles. The van der Waals surface area contributed by atoms with E-state index in [1.807, 2.05) is 0 Å². The van der Waals surface area contributed by atoms with E-state index in [4.69, 9.17) is 0 Å². The molecule has 1 amide bonds. The van der Waals surface area contributed by atoms with Gasteiger partial charge in [-0.05, 0) is 6.08 Å². The van der Waals surface area contributed by atoms with Gasteiger partial charge in [0.2, 0.25) is 5.91 Å². The van der Waals surface area contributed by atoms with Crippen molar-refractivity contribution in [2.45, 2.75) is 0 Å². The summed E-state index contributed by atoms with van der Waals surface area (Å²) < 4.78 is 0. The summed E-state index contributed by atoms with van der Waals surface area (Å²) in [4.78, 5) is 12.5. The molecule has 7 heavy (non-hydrogen) atoms. The molecule has 0 unspecified atom stereocenters. The summed E-state index contributed by atoms with van der Waals surface area (Å²) in [6.07, 6.45) is 1.26. The predicted molar refractivity (Wildman–Crippen MR) is 29.4 cm³/mol. The smallest absolute Gasteiger partial charge is 1.00 e. The van der Waals surface area contributed by atoms with E-state index in [9.17, 15) is 4.79 Å². The van der Waals surface area contributed by atoms with Gasteiger partial charge in [0, 0.05) is 0 Å². The number of amides is 1. The summed E-state index contributed by atoms with van der Waals surface area (Å²) in [6, 6.07) is 0. The molecule has 0 heterocycles. The molecular formula is C3H8LiNOSi. The van der Waals surface area contributed by atoms with Gasteiger partial charge in [-0.15, -0.1) is 0 Å². The van der Waals surface area contributed by atoms with Crippen LogP contribution in [-0.4, -0.2) is 16.3 Å². The summed E-state index contributed by atoms with van der Waals surface area (Å²) in [5.41, 5.74) is 0. The average Bonchev–Trinajstić information content (AvgIpc) is 1.65. The van der Waals surface area contributed by atoms with Gasteiger partial charge in [0.05, 0.1) is 0 Å². The Morgan fingerprint density at radius 3 is 2.43 bits per heavy atom. The number of rotatable bonds is 1. The van der Waals surface area contributed by atoms with E-state index in [1.165, 1.54) is 6.08 Å². The number of nitrogens with one attached hydrogen (secondary N) is 1. The molecule has 0 bridgehead atoms. The van der Waals surface area contributed by atoms with Crippen LogP contribution in [0.15, 0.2) is 12.7 Å². The quantitative estimate of drug-likeness (QED) is 0.268. The van der Waals surface area contributed by atoms with Crippen molar-refractivity contribution >= 4 is 16.3 Å². The Morgan fingerprint density at radius 2 is 2.43 bits per heavy atom. The summed E-state index contributed by atoms with van der Waals surface area (Å²) in [5, 5.41) is 0. The Bertz CT molecular complexity index is 79.7. The van der Waals surface area contributed by atoms with Gasteiger partial charge in [-0.2, -0.15) is 0 Å². The molecule has 0 atom stereocenters. The number of hydrogen-bond acceptors (Lipinski definition) is 1. The standard InChI is InChI=1S/C3H7NOSi.Li.H/c1-2-3(5)4-6;;/h2H,1H2,6H3,(H,4,5);;/q;+1;-1. The first-order valence-electron chi connectivity index (χ1n) is 1.65. The van der Waals surface area contributed by atoms with Crippen LogP contribution in [0.2, 0.25) is 0 Å². The van der Waals surface area contributed by atoms with Crippen LogP contribution >= 0.6 is 0 Å². The van der Waals surface area contributed by atoms with Gasteiger partial charge in [0.15, 0.2) is 0 Å². The molecule has 0 aromatic heterocycles. The van der Waals surface area contributed by atoms with Gasteiger partial charge < -0.3 is 6.41 Å². The van der Waals surface area contributed by atoms with Crippen LogP contribution in [0.4, 0.5) is 0 Å². The van der Waals surface area contributed by atoms with E-state index in [0.717, 1.165) is 0 Å². The van der Waals surface area contributed by atoms with Crippen molar-refractivity contribution in [2.75, 3.05) is 0 Å². The van der Waals surface area contributed by atoms with Gasteiger partial charge in [0.1, 0.15) is 10.4 Å². The van der Waals surface area contributed by atoms with E-state index in [2.05, 4.69) is 11.6 Å². The summed E-state index contributed by atoms with van der Waals surface area (Å²) in [6.45, 7) is 3.24. The van der Waals surface area contributed by atoms with E-state index < -0.39 is 0 Å². The maximum Gasteiger partial charge on any atom is 1.00 e. The largest absolute Gasteiger partial charge is 1.00 e. The maximum atomic E-state index is 9.99. The first kappa shape index (κ1) is 10.1. The zero-order valence-corrected chi connectivity index (χ0v) is 6.69. The minimum atomic E-state index is -0.0818. The molecular weight excluding hydrogens is 101 g/mol. The van der Waals surface area contributed by atoms with E-state index >= 15 is 0 Å². The maximum absolute atomic E-state index is 9.99. The molecule has 4 heteroatoms. The van der Waals surface area contributed by atoms with Crippen molar-refractivity contribution in [1.82, 2.24) is 4.98 Å². The monoisotopic (exact) mass is 109 g/mol. The van der Waals surface area contributed by atoms with Crippen LogP contribution < -0.4 is 23.8 Å². The van der Waals surface area contributed by atoms with Crippen molar-refractivity contribution in [1.29, 1.82) is 0 Å². The van der Waals surface area contributed by atoms with E-state index in [1.54, 1.807) is 0 Å². The van der Waals surface area contributed by atoms with Crippen LogP contribution in [0.1, 0.15) is 1.43 Å². The molecule has 0 aliphatic rings. The van der Waals surface area contributed by atoms with Crippen molar-refractivity contribution in [3.05, 3.63) is 12.7 Å². The summed E-state index contributed by atoms with van der Waals surface area (Å²) >= 11 is 0. The molecule has 2 nitrogen and oxygen atoms in total. The van der Waals surface area contributed by atoms with Crippen molar-refractivity contribution in [3.63, 3.8) is 0 Å². The van der Waals surface area contributed by atoms with Crippen molar-refractivity contribution < 1.29 is 25.1 Å². The normalized spacial score (nSPS) is 6.29. The Labute approximate surface area is 59.5 Å². The zero-order valence-electron chi connectivity index (χ0n) is 5.69. The molecule has 0 aromatic carbocycles. The van der Waals surface area contributed by atoms with Gasteiger partial charge in [0.25, 0.3) is 0 Å². The van der Waals surface area contributed by atoms with Gasteiger partial charge in [-0.3, -0.25) is 4.79 Å². The summed E-state index contributed by atoms with van der Waals surface area (Å²) in [7, 11) is 0.712. The molecule has 0 aromatic rings. The molecule has 0 spiro atoms. The average molecular weight is 109 g/mol. The Kier molecular flexibility index (Phi) is 8.69. The molecule has 0 radical (unpaired) electrons. The van der Waals surface area contributed by atoms with Crippen LogP contribution in [0.5, 0.6) is 0 Å². The number of carbonyl (C=O) groups excluding carboxylic acids is 1. The fourth-order valence-corrected chi connectivity index (χ4v) is 0.306. The third-order valence-electron chi connectivity index (χ3n) is 0.432. The minimum absolute atomic E-state index is 0. The third kappa shape index (κ3) is 6.02. The van der Waals surface area contributed by atoms with Crippen LogP contribution in [0, 0.1) is 0 Å². The van der Waals surface area contributed by atoms with Crippen LogP contribution in [0.25, 0.3) is 0 Å². The molecule has 0 fully saturated rings. The van der Waals surface area contributed by atoms with E-state index in [-0.39, 0.29) is 26.2 Å². The minimum Gasteiger partial charge on any atom is -1.00 e. The topological polar surface area (TPSA) is 29.1 Å². The van der Waals surface area contributed by atoms with E-state index in [0.29, 0.717) is 10.4 Å². The van der Waals surface area contributed by atoms with Gasteiger partial charge in [-0.1, -0.05) is 6.58 Å². The molecule has 1 N–H and O–H groups in total. The second-order valence-electron chi connectivity index (χ2n) is 0.818. The fourth-order valence-electron chi connectivity index (χ4n) is 0.102. The molecule has 0 saturated heterocycles. The molecule has 36 valence electrons. The zero-order chi connectivity index (χ0) is 4.99. The second-order valence-corrected chi connectivity index (χ2v) is 1.32. The Hall–Kier alpha value is 0.0243. The number of carbonyl (C=O) groups is 1. The first-order chi connectivity index (χ1) is 2.81. The van der Waals surface area contributed by atoms with Crippen molar-refractivity contribution in [3.8, 4) is 0 Å². The Balaban J connectivity index is -0.000000125. The number of hydrogen-bond donors (Lipinski definition) is 1. The van der Waals surface area contributed by atoms with Crippen LogP contribution in [-0.2, 0) is 4.79 Å². The molecule has 0 aliphatic carbocycles. The van der Waals surface area contributed by atoms with Gasteiger partial charge in [-0.25, -0.2) is 0 Å². The molecule has 0 saturated carbocycles. The molecule has 0 rings (SSSR count). The third-order valence-corrected chi connectivity index (χ3v) is 0.925. The SMILES string of the molecule is C=CC(=O)N[SiH3].[H-].[Li+]. The second kappa shape index (κ2) is 6.02. The van der Waals surface area contributed by atoms with Gasteiger partial charge >= 0.3 is 18.9 Å². The Morgan fingerprint density at radius 1 is 2.00 bits per heavy atom. The summed E-state index contributed by atoms with van der Waals surface area (Å²) in [5.74, 6) is -0.0818. The first-order valence-corrected chi connectivity index (χ1v) is 2.65.